The van der Waals surface area contributed by atoms with E-state index < -0.39 is 6.61 Å². The molecule has 0 saturated heterocycles. The third-order valence-corrected chi connectivity index (χ3v) is 3.10. The van der Waals surface area contributed by atoms with Crippen LogP contribution in [-0.4, -0.2) is 6.61 Å². The second kappa shape index (κ2) is 7.13. The molecule has 2 aromatic carbocycles. The van der Waals surface area contributed by atoms with Gasteiger partial charge in [-0.15, -0.1) is 0 Å². The number of para-hydroxylation sites is 1. The second-order valence-electron chi connectivity index (χ2n) is 4.65. The Morgan fingerprint density at radius 1 is 1.10 bits per heavy atom. The van der Waals surface area contributed by atoms with E-state index in [0.29, 0.717) is 12.1 Å². The molecule has 2 rings (SSSR count). The number of ether oxygens (including phenoxy) is 1. The maximum atomic E-state index is 13.1. The van der Waals surface area contributed by atoms with Crippen LogP contribution in [0.25, 0.3) is 0 Å². The Kier molecular flexibility index (Phi) is 5.22. The largest absolute Gasteiger partial charge is 0.434 e. The zero-order valence-corrected chi connectivity index (χ0v) is 11.5. The number of halogens is 3. The molecule has 5 heteroatoms. The molecule has 0 amide bonds. The van der Waals surface area contributed by atoms with Gasteiger partial charge in [0.05, 0.1) is 0 Å². The summed E-state index contributed by atoms with van der Waals surface area (Å²) in [6.07, 6.45) is 0. The van der Waals surface area contributed by atoms with E-state index >= 15 is 0 Å². The second-order valence-corrected chi connectivity index (χ2v) is 4.65. The van der Waals surface area contributed by atoms with E-state index in [1.807, 2.05) is 6.92 Å². The van der Waals surface area contributed by atoms with Gasteiger partial charge in [0.1, 0.15) is 11.6 Å². The van der Waals surface area contributed by atoms with Crippen LogP contribution in [0.5, 0.6) is 5.75 Å². The molecule has 0 heterocycles. The molecule has 0 aromatic heterocycles. The molecule has 1 atom stereocenters. The summed E-state index contributed by atoms with van der Waals surface area (Å²) >= 11 is 0. The number of hydrogen-bond acceptors (Lipinski definition) is 2. The van der Waals surface area contributed by atoms with Gasteiger partial charge in [-0.3, -0.25) is 0 Å². The molecular formula is C16H16F3NO. The Hall–Kier alpha value is -2.01. The van der Waals surface area contributed by atoms with Crippen LogP contribution in [-0.2, 0) is 6.54 Å². The van der Waals surface area contributed by atoms with Crippen LogP contribution in [0.3, 0.4) is 0 Å². The van der Waals surface area contributed by atoms with Gasteiger partial charge in [-0.25, -0.2) is 4.39 Å². The molecule has 112 valence electrons. The summed E-state index contributed by atoms with van der Waals surface area (Å²) in [5.74, 6) is -0.157. The summed E-state index contributed by atoms with van der Waals surface area (Å²) < 4.78 is 42.3. The van der Waals surface area contributed by atoms with Crippen LogP contribution in [0.4, 0.5) is 13.2 Å². The van der Waals surface area contributed by atoms with Crippen molar-refractivity contribution in [2.75, 3.05) is 0 Å². The minimum absolute atomic E-state index is 0.145. The van der Waals surface area contributed by atoms with E-state index in [-0.39, 0.29) is 17.6 Å². The Bertz CT molecular complexity index is 589. The quantitative estimate of drug-likeness (QED) is 0.859. The Balaban J connectivity index is 2.04. The molecule has 1 unspecified atom stereocenters. The van der Waals surface area contributed by atoms with Crippen LogP contribution in [0.2, 0.25) is 0 Å². The van der Waals surface area contributed by atoms with Crippen molar-refractivity contribution in [3.05, 3.63) is 65.5 Å². The van der Waals surface area contributed by atoms with Gasteiger partial charge in [-0.05, 0) is 30.7 Å². The van der Waals surface area contributed by atoms with Crippen LogP contribution in [0.1, 0.15) is 24.1 Å². The summed E-state index contributed by atoms with van der Waals surface area (Å²) in [4.78, 5) is 0. The molecule has 1 N–H and O–H groups in total. The van der Waals surface area contributed by atoms with Gasteiger partial charge in [-0.2, -0.15) is 8.78 Å². The van der Waals surface area contributed by atoms with Crippen LogP contribution >= 0.6 is 0 Å². The lowest BCUT2D eigenvalue weighted by molar-refractivity contribution is -0.0506. The lowest BCUT2D eigenvalue weighted by atomic mass is 10.1. The van der Waals surface area contributed by atoms with Gasteiger partial charge in [0.25, 0.3) is 0 Å². The van der Waals surface area contributed by atoms with E-state index in [1.54, 1.807) is 30.3 Å². The molecule has 0 saturated carbocycles. The first-order valence-corrected chi connectivity index (χ1v) is 6.58. The first-order valence-electron chi connectivity index (χ1n) is 6.58. The van der Waals surface area contributed by atoms with Gasteiger partial charge in [0.15, 0.2) is 0 Å². The molecule has 0 spiro atoms. The lowest BCUT2D eigenvalue weighted by Gasteiger charge is -2.18. The number of nitrogens with one attached hydrogen (secondary N) is 1. The van der Waals surface area contributed by atoms with Crippen molar-refractivity contribution in [2.45, 2.75) is 26.1 Å². The standard InChI is InChI=1S/C16H16F3NO/c1-11(20-10-12-5-4-6-13(17)9-12)14-7-2-3-8-15(14)21-16(18)19/h2-9,11,16,20H,10H2,1H3. The average Bonchev–Trinajstić information content (AvgIpc) is 2.45. The molecule has 0 aliphatic heterocycles. The van der Waals surface area contributed by atoms with Gasteiger partial charge < -0.3 is 10.1 Å². The van der Waals surface area contributed by atoms with Crippen LogP contribution in [0.15, 0.2) is 48.5 Å². The van der Waals surface area contributed by atoms with Crippen LogP contribution < -0.4 is 10.1 Å². The van der Waals surface area contributed by atoms with Gasteiger partial charge in [0, 0.05) is 18.2 Å². The highest BCUT2D eigenvalue weighted by atomic mass is 19.3. The predicted octanol–water partition coefficient (Wildman–Crippen LogP) is 4.28. The van der Waals surface area contributed by atoms with Gasteiger partial charge >= 0.3 is 6.61 Å². The minimum Gasteiger partial charge on any atom is -0.434 e. The van der Waals surface area contributed by atoms with Crippen molar-refractivity contribution in [3.8, 4) is 5.75 Å². The minimum atomic E-state index is -2.86. The monoisotopic (exact) mass is 295 g/mol. The van der Waals surface area contributed by atoms with Gasteiger partial charge in [-0.1, -0.05) is 30.3 Å². The van der Waals surface area contributed by atoms with Crippen molar-refractivity contribution >= 4 is 0 Å². The predicted molar refractivity (Wildman–Crippen MR) is 74.7 cm³/mol. The van der Waals surface area contributed by atoms with E-state index in [1.165, 1.54) is 18.2 Å². The van der Waals surface area contributed by atoms with E-state index in [9.17, 15) is 13.2 Å². The Labute approximate surface area is 121 Å². The van der Waals surface area contributed by atoms with Crippen molar-refractivity contribution in [3.63, 3.8) is 0 Å². The van der Waals surface area contributed by atoms with Crippen molar-refractivity contribution in [2.24, 2.45) is 0 Å². The lowest BCUT2D eigenvalue weighted by Crippen LogP contribution is -2.19. The summed E-state index contributed by atoms with van der Waals surface area (Å²) in [6.45, 7) is -0.587. The third kappa shape index (κ3) is 4.49. The first kappa shape index (κ1) is 15.4. The molecular weight excluding hydrogens is 279 g/mol. The Morgan fingerprint density at radius 3 is 2.57 bits per heavy atom. The first-order chi connectivity index (χ1) is 10.1. The van der Waals surface area contributed by atoms with Crippen molar-refractivity contribution in [1.29, 1.82) is 0 Å². The average molecular weight is 295 g/mol. The highest BCUT2D eigenvalue weighted by Gasteiger charge is 2.14. The Morgan fingerprint density at radius 2 is 1.86 bits per heavy atom. The summed E-state index contributed by atoms with van der Waals surface area (Å²) in [5, 5.41) is 3.16. The SMILES string of the molecule is CC(NCc1cccc(F)c1)c1ccccc1OC(F)F. The summed E-state index contributed by atoms with van der Waals surface area (Å²) in [7, 11) is 0. The number of benzene rings is 2. The van der Waals surface area contributed by atoms with Gasteiger partial charge in [0.2, 0.25) is 0 Å². The number of rotatable bonds is 6. The normalized spacial score (nSPS) is 12.4. The highest BCUT2D eigenvalue weighted by Crippen LogP contribution is 2.26. The molecule has 2 nitrogen and oxygen atoms in total. The maximum absolute atomic E-state index is 13.1. The fraction of sp³-hybridized carbons (Fsp3) is 0.250. The zero-order valence-electron chi connectivity index (χ0n) is 11.5. The fourth-order valence-corrected chi connectivity index (χ4v) is 2.07. The zero-order chi connectivity index (χ0) is 15.2. The molecule has 21 heavy (non-hydrogen) atoms. The molecule has 0 aliphatic carbocycles. The van der Waals surface area contributed by atoms with Crippen molar-refractivity contribution < 1.29 is 17.9 Å². The van der Waals surface area contributed by atoms with Crippen molar-refractivity contribution in [1.82, 2.24) is 5.32 Å². The summed E-state index contributed by atoms with van der Waals surface area (Å²) in [5.41, 5.74) is 1.42. The number of alkyl halides is 2. The van der Waals surface area contributed by atoms with E-state index in [0.717, 1.165) is 5.56 Å². The summed E-state index contributed by atoms with van der Waals surface area (Å²) in [6, 6.07) is 12.6. The van der Waals surface area contributed by atoms with E-state index in [2.05, 4.69) is 10.1 Å². The molecule has 0 aliphatic rings. The topological polar surface area (TPSA) is 21.3 Å². The highest BCUT2D eigenvalue weighted by molar-refractivity contribution is 5.35. The smallest absolute Gasteiger partial charge is 0.387 e. The third-order valence-electron chi connectivity index (χ3n) is 3.10. The van der Waals surface area contributed by atoms with E-state index in [4.69, 9.17) is 0 Å². The molecule has 0 bridgehead atoms. The maximum Gasteiger partial charge on any atom is 0.387 e. The van der Waals surface area contributed by atoms with Crippen LogP contribution in [0, 0.1) is 5.82 Å². The number of hydrogen-bond donors (Lipinski definition) is 1. The molecule has 2 aromatic rings. The molecule has 0 fully saturated rings. The fourth-order valence-electron chi connectivity index (χ4n) is 2.07. The molecule has 0 radical (unpaired) electrons.